The molecule has 0 unspecified atom stereocenters. The van der Waals surface area contributed by atoms with Crippen LogP contribution in [0.2, 0.25) is 0 Å². The van der Waals surface area contributed by atoms with E-state index in [1.807, 2.05) is 17.5 Å². The number of carbonyl (C=O) groups is 2. The topological polar surface area (TPSA) is 110 Å². The van der Waals surface area contributed by atoms with Crippen molar-refractivity contribution in [3.8, 4) is 0 Å². The molecule has 3 N–H and O–H groups in total. The highest BCUT2D eigenvalue weighted by Gasteiger charge is 2.32. The molecule has 2 heterocycles. The second kappa shape index (κ2) is 8.53. The van der Waals surface area contributed by atoms with Crippen molar-refractivity contribution in [2.45, 2.75) is 11.3 Å². The molecule has 0 atom stereocenters. The Bertz CT molecular complexity index is 1040. The zero-order valence-corrected chi connectivity index (χ0v) is 17.6. The minimum absolute atomic E-state index is 0.0411. The van der Waals surface area contributed by atoms with Gasteiger partial charge in [0.25, 0.3) is 5.91 Å². The lowest BCUT2D eigenvalue weighted by Crippen LogP contribution is -2.31. The van der Waals surface area contributed by atoms with Gasteiger partial charge in [-0.25, -0.2) is 13.6 Å². The second-order valence-electron chi connectivity index (χ2n) is 5.72. The fourth-order valence-corrected chi connectivity index (χ4v) is 4.91. The van der Waals surface area contributed by atoms with Gasteiger partial charge in [0.2, 0.25) is 15.9 Å². The second-order valence-corrected chi connectivity index (χ2v) is 9.93. The van der Waals surface area contributed by atoms with E-state index >= 15 is 0 Å². The average Bonchev–Trinajstić information content (AvgIpc) is 3.22. The number of nitrogens with zero attached hydrogens (tertiary/aromatic N) is 1. The number of sulfonamides is 1. The first-order valence-corrected chi connectivity index (χ1v) is 11.6. The number of hydrogen-bond acceptors (Lipinski definition) is 7. The van der Waals surface area contributed by atoms with Gasteiger partial charge >= 0.3 is 0 Å². The van der Waals surface area contributed by atoms with Crippen LogP contribution in [-0.2, 0) is 19.6 Å². The molecule has 0 aliphatic carbocycles. The standard InChI is InChI=1S/C17H15N3O4S4/c18-28(23,24)13-5-3-11(4-6-13)19-15(21)7-8-20-16(22)14(27-17(20)25)10-12-2-1-9-26-12/h1-6,9-10H,7-8H2,(H,19,21)(H2,18,23,24)/b14-10-. The van der Waals surface area contributed by atoms with Crippen LogP contribution in [0.5, 0.6) is 0 Å². The lowest BCUT2D eigenvalue weighted by atomic mass is 10.3. The van der Waals surface area contributed by atoms with Gasteiger partial charge in [-0.05, 0) is 41.8 Å². The number of primary sulfonamides is 1. The molecule has 28 heavy (non-hydrogen) atoms. The van der Waals surface area contributed by atoms with E-state index in [2.05, 4.69) is 5.32 Å². The Morgan fingerprint density at radius 2 is 1.96 bits per heavy atom. The van der Waals surface area contributed by atoms with E-state index in [9.17, 15) is 18.0 Å². The van der Waals surface area contributed by atoms with Gasteiger partial charge in [-0.2, -0.15) is 0 Å². The Balaban J connectivity index is 1.57. The predicted molar refractivity (Wildman–Crippen MR) is 115 cm³/mol. The highest BCUT2D eigenvalue weighted by Crippen LogP contribution is 2.33. The monoisotopic (exact) mass is 453 g/mol. The Morgan fingerprint density at radius 1 is 1.25 bits per heavy atom. The molecule has 1 aliphatic rings. The smallest absolute Gasteiger partial charge is 0.266 e. The summed E-state index contributed by atoms with van der Waals surface area (Å²) in [6.45, 7) is 0.160. The number of benzene rings is 1. The maximum atomic E-state index is 12.5. The first kappa shape index (κ1) is 20.7. The minimum atomic E-state index is -3.78. The zero-order valence-electron chi connectivity index (χ0n) is 14.3. The lowest BCUT2D eigenvalue weighted by Gasteiger charge is -2.14. The maximum absolute atomic E-state index is 12.5. The Labute approximate surface area is 175 Å². The van der Waals surface area contributed by atoms with Crippen molar-refractivity contribution in [1.82, 2.24) is 4.90 Å². The summed E-state index contributed by atoms with van der Waals surface area (Å²) in [7, 11) is -3.78. The van der Waals surface area contributed by atoms with Crippen LogP contribution >= 0.6 is 35.3 Å². The highest BCUT2D eigenvalue weighted by atomic mass is 32.2. The molecule has 2 amide bonds. The molecular formula is C17H15N3O4S4. The quantitative estimate of drug-likeness (QED) is 0.514. The van der Waals surface area contributed by atoms with Crippen molar-refractivity contribution in [3.05, 3.63) is 51.6 Å². The third kappa shape index (κ3) is 5.06. The molecule has 146 valence electrons. The summed E-state index contributed by atoms with van der Waals surface area (Å²) in [5, 5.41) is 9.60. The SMILES string of the molecule is NS(=O)(=O)c1ccc(NC(=O)CCN2C(=O)/C(=C/c3cccs3)SC2=S)cc1. The number of rotatable bonds is 6. The van der Waals surface area contributed by atoms with Crippen LogP contribution in [-0.4, -0.2) is 36.0 Å². The highest BCUT2D eigenvalue weighted by molar-refractivity contribution is 8.26. The van der Waals surface area contributed by atoms with Gasteiger partial charge < -0.3 is 5.32 Å². The van der Waals surface area contributed by atoms with Crippen molar-refractivity contribution in [2.24, 2.45) is 5.14 Å². The lowest BCUT2D eigenvalue weighted by molar-refractivity contribution is -0.122. The summed E-state index contributed by atoms with van der Waals surface area (Å²) >= 11 is 7.99. The van der Waals surface area contributed by atoms with E-state index < -0.39 is 10.0 Å². The Kier molecular flexibility index (Phi) is 6.30. The zero-order chi connectivity index (χ0) is 20.3. The van der Waals surface area contributed by atoms with Crippen LogP contribution in [0.25, 0.3) is 6.08 Å². The van der Waals surface area contributed by atoms with Crippen LogP contribution < -0.4 is 10.5 Å². The predicted octanol–water partition coefficient (Wildman–Crippen LogP) is 2.63. The van der Waals surface area contributed by atoms with Crippen molar-refractivity contribution in [3.63, 3.8) is 0 Å². The molecule has 2 aromatic rings. The summed E-state index contributed by atoms with van der Waals surface area (Å²) in [5.74, 6) is -0.534. The van der Waals surface area contributed by atoms with Crippen LogP contribution in [0.4, 0.5) is 5.69 Å². The molecule has 1 fully saturated rings. The van der Waals surface area contributed by atoms with Gasteiger partial charge in [-0.15, -0.1) is 11.3 Å². The molecule has 1 aliphatic heterocycles. The van der Waals surface area contributed by atoms with Crippen molar-refractivity contribution < 1.29 is 18.0 Å². The van der Waals surface area contributed by atoms with Gasteiger partial charge in [0.05, 0.1) is 9.80 Å². The summed E-state index contributed by atoms with van der Waals surface area (Å²) < 4.78 is 22.9. The van der Waals surface area contributed by atoms with Crippen LogP contribution in [0.15, 0.2) is 51.6 Å². The number of thioether (sulfide) groups is 1. The van der Waals surface area contributed by atoms with E-state index in [4.69, 9.17) is 17.4 Å². The van der Waals surface area contributed by atoms with Crippen LogP contribution in [0.1, 0.15) is 11.3 Å². The molecule has 1 aromatic heterocycles. The molecule has 1 aromatic carbocycles. The Morgan fingerprint density at radius 3 is 2.57 bits per heavy atom. The van der Waals surface area contributed by atoms with E-state index in [1.54, 1.807) is 6.08 Å². The summed E-state index contributed by atoms with van der Waals surface area (Å²) in [4.78, 5) is 27.5. The number of thiophene rings is 1. The molecule has 0 radical (unpaired) electrons. The van der Waals surface area contributed by atoms with Crippen LogP contribution in [0, 0.1) is 0 Å². The first-order chi connectivity index (χ1) is 13.2. The van der Waals surface area contributed by atoms with Gasteiger partial charge in [0.1, 0.15) is 4.32 Å². The number of hydrogen-bond donors (Lipinski definition) is 2. The van der Waals surface area contributed by atoms with Crippen molar-refractivity contribution in [1.29, 1.82) is 0 Å². The third-order valence-electron chi connectivity index (χ3n) is 3.72. The molecular weight excluding hydrogens is 438 g/mol. The number of anilines is 1. The third-order valence-corrected chi connectivity index (χ3v) is 6.85. The van der Waals surface area contributed by atoms with Crippen LogP contribution in [0.3, 0.4) is 0 Å². The van der Waals surface area contributed by atoms with Gasteiger partial charge in [-0.1, -0.05) is 30.0 Å². The maximum Gasteiger partial charge on any atom is 0.266 e. The van der Waals surface area contributed by atoms with Gasteiger partial charge in [0, 0.05) is 23.5 Å². The summed E-state index contributed by atoms with van der Waals surface area (Å²) in [6, 6.07) is 9.32. The summed E-state index contributed by atoms with van der Waals surface area (Å²) in [5.41, 5.74) is 0.431. The number of carbonyl (C=O) groups excluding carboxylic acids is 2. The van der Waals surface area contributed by atoms with E-state index in [1.165, 1.54) is 52.3 Å². The molecule has 3 rings (SSSR count). The number of nitrogens with two attached hydrogens (primary N) is 1. The molecule has 7 nitrogen and oxygen atoms in total. The van der Waals surface area contributed by atoms with Crippen molar-refractivity contribution in [2.75, 3.05) is 11.9 Å². The number of amides is 2. The largest absolute Gasteiger partial charge is 0.326 e. The summed E-state index contributed by atoms with van der Waals surface area (Å²) in [6.07, 6.45) is 1.84. The fourth-order valence-electron chi connectivity index (χ4n) is 2.36. The molecule has 1 saturated heterocycles. The van der Waals surface area contributed by atoms with Crippen molar-refractivity contribution >= 4 is 73.2 Å². The number of thiocarbonyl (C=S) groups is 1. The molecule has 0 saturated carbocycles. The van der Waals surface area contributed by atoms with E-state index in [0.717, 1.165) is 4.88 Å². The Hall–Kier alpha value is -2.05. The molecule has 0 bridgehead atoms. The normalized spacial score (nSPS) is 16.0. The molecule has 0 spiro atoms. The molecule has 11 heteroatoms. The van der Waals surface area contributed by atoms with Gasteiger partial charge in [0.15, 0.2) is 0 Å². The number of nitrogens with one attached hydrogen (secondary N) is 1. The van der Waals surface area contributed by atoms with E-state index in [0.29, 0.717) is 14.9 Å². The minimum Gasteiger partial charge on any atom is -0.326 e. The first-order valence-electron chi connectivity index (χ1n) is 7.95. The van der Waals surface area contributed by atoms with E-state index in [-0.39, 0.29) is 29.7 Å². The van der Waals surface area contributed by atoms with Gasteiger partial charge in [-0.3, -0.25) is 14.5 Å². The fraction of sp³-hybridized carbons (Fsp3) is 0.118. The average molecular weight is 454 g/mol.